The number of aliphatic hydroxyl groups excluding tert-OH is 2. The van der Waals surface area contributed by atoms with Crippen LogP contribution in [0.25, 0.3) is 0 Å². The first-order valence-corrected chi connectivity index (χ1v) is 14.7. The van der Waals surface area contributed by atoms with Crippen LogP contribution in [-0.2, 0) is 16.0 Å². The number of rotatable bonds is 4. The lowest BCUT2D eigenvalue weighted by atomic mass is 9.86. The highest BCUT2D eigenvalue weighted by molar-refractivity contribution is 5.70. The molecule has 6 heterocycles. The molecular formula is C29H42N4O6. The summed E-state index contributed by atoms with van der Waals surface area (Å²) in [7, 11) is 0. The summed E-state index contributed by atoms with van der Waals surface area (Å²) in [6.45, 7) is 7.24. The van der Waals surface area contributed by atoms with Gasteiger partial charge in [0.1, 0.15) is 0 Å². The fraction of sp³-hybridized carbons (Fsp3) is 0.724. The Labute approximate surface area is 230 Å². The summed E-state index contributed by atoms with van der Waals surface area (Å²) in [5, 5.41) is 24.3. The van der Waals surface area contributed by atoms with Gasteiger partial charge in [-0.2, -0.15) is 0 Å². The van der Waals surface area contributed by atoms with Crippen molar-refractivity contribution in [3.05, 3.63) is 35.9 Å². The van der Waals surface area contributed by atoms with E-state index in [0.717, 1.165) is 45.3 Å². The monoisotopic (exact) mass is 542 g/mol. The van der Waals surface area contributed by atoms with E-state index in [1.54, 1.807) is 4.90 Å². The number of hydrogen-bond acceptors (Lipinski definition) is 8. The lowest BCUT2D eigenvalue weighted by Gasteiger charge is -2.46. The maximum Gasteiger partial charge on any atom is 0.410 e. The van der Waals surface area contributed by atoms with Crippen molar-refractivity contribution in [2.75, 3.05) is 26.3 Å². The van der Waals surface area contributed by atoms with Gasteiger partial charge < -0.3 is 25.0 Å². The zero-order valence-electron chi connectivity index (χ0n) is 22.9. The number of carbonyl (C=O) groups excluding carboxylic acids is 2. The van der Waals surface area contributed by atoms with E-state index in [4.69, 9.17) is 9.47 Å². The van der Waals surface area contributed by atoms with Gasteiger partial charge in [-0.3, -0.25) is 14.7 Å². The molecule has 8 unspecified atom stereocenters. The van der Waals surface area contributed by atoms with Crippen LogP contribution in [0.3, 0.4) is 0 Å². The molecule has 214 valence electrons. The van der Waals surface area contributed by atoms with Gasteiger partial charge in [0.25, 0.3) is 0 Å². The van der Waals surface area contributed by atoms with Crippen molar-refractivity contribution in [2.24, 2.45) is 11.8 Å². The fourth-order valence-electron chi connectivity index (χ4n) is 8.37. The minimum absolute atomic E-state index is 0.0309. The van der Waals surface area contributed by atoms with Crippen LogP contribution in [0.1, 0.15) is 45.1 Å². The molecule has 6 bridgehead atoms. The highest BCUT2D eigenvalue weighted by Crippen LogP contribution is 2.46. The third-order valence-electron chi connectivity index (χ3n) is 9.79. The van der Waals surface area contributed by atoms with E-state index in [1.807, 2.05) is 36.9 Å². The number of piperidine rings is 4. The molecule has 1 aromatic carbocycles. The first-order valence-electron chi connectivity index (χ1n) is 14.7. The van der Waals surface area contributed by atoms with Crippen LogP contribution in [0.15, 0.2) is 30.3 Å². The first-order chi connectivity index (χ1) is 18.9. The Morgan fingerprint density at radius 1 is 0.846 bits per heavy atom. The van der Waals surface area contributed by atoms with Gasteiger partial charge in [-0.15, -0.1) is 0 Å². The first kappa shape index (κ1) is 26.8. The van der Waals surface area contributed by atoms with E-state index in [9.17, 15) is 19.8 Å². The second-order valence-electron chi connectivity index (χ2n) is 12.0. The van der Waals surface area contributed by atoms with Crippen molar-refractivity contribution in [1.29, 1.82) is 0 Å². The van der Waals surface area contributed by atoms with E-state index < -0.39 is 12.2 Å². The Morgan fingerprint density at radius 3 is 2.13 bits per heavy atom. The number of nitrogens with one attached hydrogen (secondary N) is 1. The number of hydrogen-bond donors (Lipinski definition) is 3. The second kappa shape index (κ2) is 10.9. The van der Waals surface area contributed by atoms with Crippen LogP contribution in [0.2, 0.25) is 0 Å². The molecule has 10 atom stereocenters. The normalized spacial score (nSPS) is 39.4. The molecule has 10 heteroatoms. The quantitative estimate of drug-likeness (QED) is 0.528. The number of ether oxygens (including phenoxy) is 2. The number of likely N-dealkylation sites (tertiary alicyclic amines) is 1. The average Bonchev–Trinajstić information content (AvgIpc) is 3.08. The Kier molecular flexibility index (Phi) is 7.47. The molecule has 0 aromatic heterocycles. The van der Waals surface area contributed by atoms with Crippen LogP contribution in [-0.4, -0.2) is 112 Å². The van der Waals surface area contributed by atoms with Crippen molar-refractivity contribution >= 4 is 12.2 Å². The molecule has 0 radical (unpaired) electrons. The Morgan fingerprint density at radius 2 is 1.44 bits per heavy atom. The molecule has 6 aliphatic heterocycles. The van der Waals surface area contributed by atoms with Crippen molar-refractivity contribution in [1.82, 2.24) is 20.0 Å². The summed E-state index contributed by atoms with van der Waals surface area (Å²) in [5.41, 5.74) is 1.26. The minimum Gasteiger partial charge on any atom is -0.450 e. The average molecular weight is 543 g/mol. The second-order valence-corrected chi connectivity index (χ2v) is 12.0. The van der Waals surface area contributed by atoms with E-state index in [0.29, 0.717) is 25.0 Å². The molecule has 7 rings (SSSR count). The number of benzene rings is 1. The topological polar surface area (TPSA) is 115 Å². The Bertz CT molecular complexity index is 1040. The molecule has 0 aliphatic carbocycles. The zero-order chi connectivity index (χ0) is 27.3. The maximum atomic E-state index is 12.3. The Balaban J connectivity index is 0.000000151. The lowest BCUT2D eigenvalue weighted by molar-refractivity contribution is 0.00752. The van der Waals surface area contributed by atoms with Crippen molar-refractivity contribution in [3.63, 3.8) is 0 Å². The predicted octanol–water partition coefficient (Wildman–Crippen LogP) is 1.79. The minimum atomic E-state index is -0.472. The molecule has 1 aromatic rings. The summed E-state index contributed by atoms with van der Waals surface area (Å²) in [6.07, 6.45) is 2.36. The van der Waals surface area contributed by atoms with E-state index in [2.05, 4.69) is 22.3 Å². The van der Waals surface area contributed by atoms with E-state index in [1.165, 1.54) is 5.56 Å². The summed E-state index contributed by atoms with van der Waals surface area (Å²) in [4.78, 5) is 30.1. The molecule has 39 heavy (non-hydrogen) atoms. The lowest BCUT2D eigenvalue weighted by Crippen LogP contribution is -2.57. The number of nitrogens with zero attached hydrogens (tertiary/aromatic N) is 3. The van der Waals surface area contributed by atoms with Crippen LogP contribution in [0.5, 0.6) is 0 Å². The molecule has 3 N–H and O–H groups in total. The number of fused-ring (bicyclic) bond motifs is 4. The summed E-state index contributed by atoms with van der Waals surface area (Å²) in [6, 6.07) is 10.5. The highest BCUT2D eigenvalue weighted by atomic mass is 16.6. The van der Waals surface area contributed by atoms with Crippen molar-refractivity contribution in [2.45, 2.75) is 94.5 Å². The summed E-state index contributed by atoms with van der Waals surface area (Å²) >= 11 is 0. The molecule has 6 aliphatic rings. The van der Waals surface area contributed by atoms with Crippen molar-refractivity contribution in [3.8, 4) is 0 Å². The van der Waals surface area contributed by atoms with Gasteiger partial charge in [0, 0.05) is 13.1 Å². The standard InChI is InChI=1S/C18H24N2O3.C11H18N2O3/c1-2-23-18(22)20-14-8-13-9-15(20)17(21)16(14)19(11-13)10-12-6-4-3-5-7-12;1-2-16-11(15)13-7-3-6-4-8(13)10(14)9(7)12-5-6/h3-7,13-17,21H,2,8-11H2,1H3;6-10,12,14H,2-5H2,1H3/t13?,14?,15?,16?,17-;6?,7?,8?,9?,10-/m00/s1. The van der Waals surface area contributed by atoms with E-state index in [-0.39, 0.29) is 48.4 Å². The number of aliphatic hydroxyl groups is 2. The smallest absolute Gasteiger partial charge is 0.410 e. The van der Waals surface area contributed by atoms with Crippen molar-refractivity contribution < 1.29 is 29.3 Å². The number of amides is 2. The highest BCUT2D eigenvalue weighted by Gasteiger charge is 2.60. The summed E-state index contributed by atoms with van der Waals surface area (Å²) < 4.78 is 10.3. The third-order valence-corrected chi connectivity index (χ3v) is 9.79. The van der Waals surface area contributed by atoms with Gasteiger partial charge in [0.05, 0.1) is 61.7 Å². The van der Waals surface area contributed by atoms with Gasteiger partial charge in [0.2, 0.25) is 0 Å². The largest absolute Gasteiger partial charge is 0.450 e. The molecule has 2 amide bonds. The van der Waals surface area contributed by atoms with Gasteiger partial charge in [-0.1, -0.05) is 30.3 Å². The van der Waals surface area contributed by atoms with Crippen LogP contribution >= 0.6 is 0 Å². The van der Waals surface area contributed by atoms with Crippen LogP contribution in [0, 0.1) is 11.8 Å². The van der Waals surface area contributed by atoms with Gasteiger partial charge in [0.15, 0.2) is 0 Å². The Hall–Kier alpha value is -2.40. The van der Waals surface area contributed by atoms with Gasteiger partial charge >= 0.3 is 12.2 Å². The molecule has 10 nitrogen and oxygen atoms in total. The summed E-state index contributed by atoms with van der Waals surface area (Å²) in [5.74, 6) is 1.17. The van der Waals surface area contributed by atoms with Gasteiger partial charge in [-0.05, 0) is 63.5 Å². The van der Waals surface area contributed by atoms with Crippen LogP contribution < -0.4 is 5.32 Å². The molecule has 0 saturated carbocycles. The number of carbonyl (C=O) groups is 2. The van der Waals surface area contributed by atoms with Crippen LogP contribution in [0.4, 0.5) is 9.59 Å². The molecular weight excluding hydrogens is 500 g/mol. The fourth-order valence-corrected chi connectivity index (χ4v) is 8.37. The van der Waals surface area contributed by atoms with E-state index >= 15 is 0 Å². The third kappa shape index (κ3) is 4.69. The molecule has 6 fully saturated rings. The van der Waals surface area contributed by atoms with Gasteiger partial charge in [-0.25, -0.2) is 9.59 Å². The zero-order valence-corrected chi connectivity index (χ0v) is 22.9. The maximum absolute atomic E-state index is 12.3. The molecule has 0 spiro atoms. The molecule has 6 saturated heterocycles. The SMILES string of the molecule is CCOC(=O)N1C2CC3CC1[C@H](O)C2N(Cc1ccccc1)C3.CCOC(=O)N1C2CC3CNC2[C@@H](O)C1C3. The predicted molar refractivity (Wildman–Crippen MR) is 143 cm³/mol.